The molecule has 9 nitrogen and oxygen atoms in total. The van der Waals surface area contributed by atoms with Crippen LogP contribution in [0.25, 0.3) is 22.5 Å². The number of hydrogen-bond acceptors (Lipinski definition) is 6. The highest BCUT2D eigenvalue weighted by atomic mass is 19.4. The topological polar surface area (TPSA) is 106 Å². The van der Waals surface area contributed by atoms with Gasteiger partial charge in [0.25, 0.3) is 0 Å². The number of anilines is 1. The normalized spacial score (nSPS) is 13.0. The second kappa shape index (κ2) is 6.93. The van der Waals surface area contributed by atoms with Crippen molar-refractivity contribution in [1.29, 1.82) is 0 Å². The molecule has 0 aliphatic rings. The van der Waals surface area contributed by atoms with E-state index in [9.17, 15) is 18.0 Å². The van der Waals surface area contributed by atoms with Crippen LogP contribution in [-0.4, -0.2) is 40.1 Å². The van der Waals surface area contributed by atoms with E-state index in [1.165, 1.54) is 41.2 Å². The Morgan fingerprint density at radius 3 is 2.61 bits per heavy atom. The van der Waals surface area contributed by atoms with Gasteiger partial charge in [0.05, 0.1) is 12.0 Å². The summed E-state index contributed by atoms with van der Waals surface area (Å²) in [6, 6.07) is 8.66. The molecule has 31 heavy (non-hydrogen) atoms. The molecule has 0 spiro atoms. The number of halogens is 3. The number of aromatic amines is 1. The van der Waals surface area contributed by atoms with Crippen LogP contribution in [0.5, 0.6) is 0 Å². The number of para-hydroxylation sites is 1. The highest BCUT2D eigenvalue weighted by Crippen LogP contribution is 2.36. The smallest absolute Gasteiger partial charge is 0.351 e. The summed E-state index contributed by atoms with van der Waals surface area (Å²) < 4.78 is 44.9. The number of imidazole rings is 1. The maximum atomic E-state index is 14.3. The second-order valence-electron chi connectivity index (χ2n) is 6.60. The Labute approximate surface area is 171 Å². The van der Waals surface area contributed by atoms with Crippen LogP contribution in [0.2, 0.25) is 0 Å². The molecule has 0 amide bonds. The average Bonchev–Trinajstić information content (AvgIpc) is 3.41. The van der Waals surface area contributed by atoms with Crippen molar-refractivity contribution < 1.29 is 13.2 Å². The molecule has 0 radical (unpaired) electrons. The van der Waals surface area contributed by atoms with Crippen molar-refractivity contribution >= 4 is 22.6 Å². The Balaban J connectivity index is 1.76. The molecule has 1 unspecified atom stereocenters. The Kier molecular flexibility index (Phi) is 4.20. The van der Waals surface area contributed by atoms with Crippen LogP contribution in [0.15, 0.2) is 66.1 Å². The average molecular weight is 426 g/mol. The minimum atomic E-state index is -4.81. The van der Waals surface area contributed by atoms with Gasteiger partial charge < -0.3 is 10.3 Å². The number of fused-ring (bicyclic) bond motifs is 2. The maximum absolute atomic E-state index is 14.3. The standard InChI is InChI=1S/C19H13F3N8O/c20-19(21,22)14(28-16-13-15(24-9-23-13)25-10-26-16)17-27-12-7-4-8-29(12)18(31)30(17)11-5-2-1-3-6-11/h1-10,14H,(H2,23,24,25,26,28). The van der Waals surface area contributed by atoms with Gasteiger partial charge in [-0.05, 0) is 24.3 Å². The predicted octanol–water partition coefficient (Wildman–Crippen LogP) is 2.87. The lowest BCUT2D eigenvalue weighted by Gasteiger charge is -2.24. The predicted molar refractivity (Wildman–Crippen MR) is 105 cm³/mol. The summed E-state index contributed by atoms with van der Waals surface area (Å²) in [5.74, 6) is -0.671. The summed E-state index contributed by atoms with van der Waals surface area (Å²) in [6.07, 6.45) is -0.946. The molecule has 1 atom stereocenters. The molecule has 5 aromatic rings. The number of aromatic nitrogens is 7. The molecule has 0 fully saturated rings. The van der Waals surface area contributed by atoms with E-state index in [1.807, 2.05) is 0 Å². The van der Waals surface area contributed by atoms with Crippen LogP contribution < -0.4 is 11.0 Å². The zero-order valence-corrected chi connectivity index (χ0v) is 15.6. The van der Waals surface area contributed by atoms with Gasteiger partial charge in [-0.3, -0.25) is 4.40 Å². The van der Waals surface area contributed by atoms with Gasteiger partial charge in [0.2, 0.25) is 0 Å². The molecule has 12 heteroatoms. The van der Waals surface area contributed by atoms with Crippen molar-refractivity contribution in [3.8, 4) is 5.69 Å². The fraction of sp³-hybridized carbons (Fsp3) is 0.105. The van der Waals surface area contributed by atoms with Gasteiger partial charge in [-0.15, -0.1) is 0 Å². The molecule has 156 valence electrons. The van der Waals surface area contributed by atoms with Crippen LogP contribution in [0.1, 0.15) is 11.9 Å². The highest BCUT2D eigenvalue weighted by Gasteiger charge is 2.45. The summed E-state index contributed by atoms with van der Waals surface area (Å²) in [5.41, 5.74) is 0.0629. The third-order valence-corrected chi connectivity index (χ3v) is 4.68. The monoisotopic (exact) mass is 426 g/mol. The molecule has 0 aliphatic carbocycles. The first kappa shape index (κ1) is 18.8. The zero-order valence-electron chi connectivity index (χ0n) is 15.6. The van der Waals surface area contributed by atoms with E-state index in [2.05, 4.69) is 30.2 Å². The quantitative estimate of drug-likeness (QED) is 0.458. The highest BCUT2D eigenvalue weighted by molar-refractivity contribution is 5.82. The Morgan fingerprint density at radius 1 is 1.03 bits per heavy atom. The third kappa shape index (κ3) is 3.17. The van der Waals surface area contributed by atoms with Crippen LogP contribution in [-0.2, 0) is 0 Å². The van der Waals surface area contributed by atoms with Gasteiger partial charge in [-0.25, -0.2) is 29.3 Å². The number of H-pyrrole nitrogens is 1. The summed E-state index contributed by atoms with van der Waals surface area (Å²) >= 11 is 0. The molecule has 5 rings (SSSR count). The molecule has 0 saturated heterocycles. The van der Waals surface area contributed by atoms with Crippen molar-refractivity contribution in [3.63, 3.8) is 0 Å². The summed E-state index contributed by atoms with van der Waals surface area (Å²) in [5, 5.41) is 2.37. The first-order valence-electron chi connectivity index (χ1n) is 9.06. The fourth-order valence-corrected chi connectivity index (χ4v) is 3.31. The van der Waals surface area contributed by atoms with Gasteiger partial charge in [0, 0.05) is 6.20 Å². The van der Waals surface area contributed by atoms with Crippen molar-refractivity contribution in [3.05, 3.63) is 77.6 Å². The number of alkyl halides is 3. The first-order valence-corrected chi connectivity index (χ1v) is 9.06. The molecule has 0 bridgehead atoms. The number of nitrogens with zero attached hydrogens (tertiary/aromatic N) is 6. The largest absolute Gasteiger partial charge is 0.415 e. The lowest BCUT2D eigenvalue weighted by Crippen LogP contribution is -2.37. The third-order valence-electron chi connectivity index (χ3n) is 4.68. The van der Waals surface area contributed by atoms with E-state index in [0.717, 1.165) is 10.9 Å². The molecule has 4 heterocycles. The minimum absolute atomic E-state index is 0.0934. The van der Waals surface area contributed by atoms with Gasteiger partial charge in [-0.1, -0.05) is 18.2 Å². The first-order chi connectivity index (χ1) is 14.9. The summed E-state index contributed by atoms with van der Waals surface area (Å²) in [7, 11) is 0. The number of hydrogen-bond donors (Lipinski definition) is 2. The van der Waals surface area contributed by atoms with Crippen LogP contribution in [0.3, 0.4) is 0 Å². The molecule has 2 N–H and O–H groups in total. The lowest BCUT2D eigenvalue weighted by atomic mass is 10.2. The van der Waals surface area contributed by atoms with E-state index >= 15 is 0 Å². The second-order valence-corrected chi connectivity index (χ2v) is 6.60. The molecule has 4 aromatic heterocycles. The molecule has 0 aliphatic heterocycles. The van der Waals surface area contributed by atoms with Crippen molar-refractivity contribution in [2.45, 2.75) is 12.2 Å². The molecular formula is C19H13F3N8O. The Morgan fingerprint density at radius 2 is 1.84 bits per heavy atom. The number of nitrogens with one attached hydrogen (secondary N) is 2. The zero-order chi connectivity index (χ0) is 21.6. The maximum Gasteiger partial charge on any atom is 0.415 e. The minimum Gasteiger partial charge on any atom is -0.351 e. The van der Waals surface area contributed by atoms with Crippen LogP contribution in [0.4, 0.5) is 19.0 Å². The van der Waals surface area contributed by atoms with E-state index in [1.54, 1.807) is 18.2 Å². The van der Waals surface area contributed by atoms with Crippen molar-refractivity contribution in [2.24, 2.45) is 0 Å². The molecule has 1 aromatic carbocycles. The SMILES string of the molecule is O=c1n(-c2ccccc2)c(C(Nc2ncnc3[nH]cnc23)C(F)(F)F)nc2cccn12. The van der Waals surface area contributed by atoms with E-state index < -0.39 is 23.7 Å². The fourth-order valence-electron chi connectivity index (χ4n) is 3.31. The Hall–Kier alpha value is -4.22. The summed E-state index contributed by atoms with van der Waals surface area (Å²) in [4.78, 5) is 31.8. The van der Waals surface area contributed by atoms with Crippen molar-refractivity contribution in [2.75, 3.05) is 5.32 Å². The van der Waals surface area contributed by atoms with Crippen molar-refractivity contribution in [1.82, 2.24) is 33.9 Å². The lowest BCUT2D eigenvalue weighted by molar-refractivity contribution is -0.146. The van der Waals surface area contributed by atoms with Crippen LogP contribution >= 0.6 is 0 Å². The van der Waals surface area contributed by atoms with Gasteiger partial charge in [0.15, 0.2) is 23.3 Å². The van der Waals surface area contributed by atoms with E-state index in [-0.39, 0.29) is 28.3 Å². The summed E-state index contributed by atoms with van der Waals surface area (Å²) in [6.45, 7) is 0. The molecule has 0 saturated carbocycles. The van der Waals surface area contributed by atoms with E-state index in [0.29, 0.717) is 0 Å². The van der Waals surface area contributed by atoms with Gasteiger partial charge in [-0.2, -0.15) is 13.2 Å². The van der Waals surface area contributed by atoms with E-state index in [4.69, 9.17) is 0 Å². The van der Waals surface area contributed by atoms with Gasteiger partial charge in [0.1, 0.15) is 17.5 Å². The number of rotatable bonds is 4. The molecular weight excluding hydrogens is 413 g/mol. The number of benzene rings is 1. The van der Waals surface area contributed by atoms with Crippen LogP contribution in [0, 0.1) is 0 Å². The van der Waals surface area contributed by atoms with Gasteiger partial charge >= 0.3 is 11.9 Å². The Bertz CT molecular complexity index is 1440.